The Hall–Kier alpha value is -1.16. The Bertz CT molecular complexity index is 490. The maximum absolute atomic E-state index is 12.1. The molecule has 26 heavy (non-hydrogen) atoms. The molecule has 0 heterocycles. The Morgan fingerprint density at radius 3 is 2.35 bits per heavy atom. The van der Waals surface area contributed by atoms with Gasteiger partial charge in [-0.25, -0.2) is 0 Å². The third-order valence-electron chi connectivity index (χ3n) is 4.71. The smallest absolute Gasteiger partial charge is 0.306 e. The molecule has 1 aliphatic rings. The van der Waals surface area contributed by atoms with Gasteiger partial charge in [0.15, 0.2) is 0 Å². The summed E-state index contributed by atoms with van der Waals surface area (Å²) in [5.74, 6) is 0.896. The van der Waals surface area contributed by atoms with Gasteiger partial charge < -0.3 is 15.3 Å². The van der Waals surface area contributed by atoms with Crippen molar-refractivity contribution in [3.8, 4) is 0 Å². The van der Waals surface area contributed by atoms with E-state index in [1.54, 1.807) is 0 Å². The highest BCUT2D eigenvalue weighted by Gasteiger charge is 2.33. The average Bonchev–Trinajstić information content (AvgIpc) is 2.42. The van der Waals surface area contributed by atoms with Crippen molar-refractivity contribution in [2.45, 2.75) is 85.7 Å². The first-order chi connectivity index (χ1) is 11.9. The van der Waals surface area contributed by atoms with Crippen LogP contribution >= 0.6 is 0 Å². The van der Waals surface area contributed by atoms with E-state index in [4.69, 9.17) is 15.3 Å². The van der Waals surface area contributed by atoms with Gasteiger partial charge in [-0.3, -0.25) is 4.79 Å². The van der Waals surface area contributed by atoms with Gasteiger partial charge in [0, 0.05) is 18.2 Å². The quantitative estimate of drug-likeness (QED) is 0.439. The summed E-state index contributed by atoms with van der Waals surface area (Å²) in [6, 6.07) is 0. The zero-order chi connectivity index (χ0) is 20.0. The van der Waals surface area contributed by atoms with Gasteiger partial charge in [0.1, 0.15) is 5.60 Å². The van der Waals surface area contributed by atoms with E-state index in [9.17, 15) is 4.79 Å². The third-order valence-corrected chi connectivity index (χ3v) is 4.71. The molecule has 0 aliphatic heterocycles. The van der Waals surface area contributed by atoms with Crippen molar-refractivity contribution in [3.05, 3.63) is 12.2 Å². The molecule has 0 aromatic heterocycles. The summed E-state index contributed by atoms with van der Waals surface area (Å²) in [7, 11) is 0. The predicted molar refractivity (Wildman–Crippen MR) is 107 cm³/mol. The van der Waals surface area contributed by atoms with Crippen LogP contribution in [0.25, 0.3) is 0 Å². The van der Waals surface area contributed by atoms with Crippen LogP contribution in [-0.4, -0.2) is 29.0 Å². The second-order valence-corrected chi connectivity index (χ2v) is 10.0. The molecule has 1 saturated carbocycles. The van der Waals surface area contributed by atoms with Crippen molar-refractivity contribution in [2.75, 3.05) is 6.61 Å². The minimum atomic E-state index is -0.483. The average molecular weight is 366 g/mol. The van der Waals surface area contributed by atoms with E-state index >= 15 is 0 Å². The van der Waals surface area contributed by atoms with Crippen LogP contribution < -0.4 is 0 Å². The summed E-state index contributed by atoms with van der Waals surface area (Å²) >= 11 is 0. The normalized spacial score (nSPS) is 22.1. The number of aliphatic hydroxyl groups is 1. The predicted octanol–water partition coefficient (Wildman–Crippen LogP) is 5.15. The number of ether oxygens (including phenoxy) is 1. The number of carbonyl (C=O) groups is 1. The molecule has 0 unspecified atom stereocenters. The van der Waals surface area contributed by atoms with E-state index in [1.165, 1.54) is 6.42 Å². The standard InChI is InChI=1S/C22H39NO3/c1-21(2,3)15-17-12-18(13-17)19(23)10-9-16(8-7-11-24)14-20(25)26-22(4,5)6/h9-10,16-18,23-24H,7-8,11-15H2,1-6H3/b10-9+,23-19?/t16-,17-,18+/m1/s1. The molecular formula is C22H39NO3. The molecule has 0 saturated heterocycles. The molecule has 150 valence electrons. The monoisotopic (exact) mass is 365 g/mol. The van der Waals surface area contributed by atoms with E-state index in [1.807, 2.05) is 32.9 Å². The molecule has 4 nitrogen and oxygen atoms in total. The first kappa shape index (κ1) is 22.9. The molecule has 1 atom stereocenters. The summed E-state index contributed by atoms with van der Waals surface area (Å²) in [6.45, 7) is 12.5. The lowest BCUT2D eigenvalue weighted by Crippen LogP contribution is -2.31. The zero-order valence-electron chi connectivity index (χ0n) is 17.6. The van der Waals surface area contributed by atoms with Crippen LogP contribution in [0.15, 0.2) is 12.2 Å². The number of hydrogen-bond donors (Lipinski definition) is 2. The molecule has 1 aliphatic carbocycles. The Balaban J connectivity index is 2.51. The van der Waals surface area contributed by atoms with E-state index in [2.05, 4.69) is 20.8 Å². The summed E-state index contributed by atoms with van der Waals surface area (Å²) in [5.41, 5.74) is 0.549. The maximum Gasteiger partial charge on any atom is 0.306 e. The van der Waals surface area contributed by atoms with Gasteiger partial charge in [0.25, 0.3) is 0 Å². The molecule has 0 amide bonds. The van der Waals surface area contributed by atoms with Crippen molar-refractivity contribution in [3.63, 3.8) is 0 Å². The number of esters is 1. The van der Waals surface area contributed by atoms with Crippen LogP contribution in [0.5, 0.6) is 0 Å². The van der Waals surface area contributed by atoms with Gasteiger partial charge in [-0.05, 0) is 76.2 Å². The second-order valence-electron chi connectivity index (χ2n) is 10.0. The minimum absolute atomic E-state index is 0.0165. The van der Waals surface area contributed by atoms with E-state index in [-0.39, 0.29) is 18.5 Å². The van der Waals surface area contributed by atoms with Gasteiger partial charge in [-0.1, -0.05) is 26.8 Å². The molecule has 4 heteroatoms. The first-order valence-corrected chi connectivity index (χ1v) is 9.99. The number of rotatable bonds is 9. The van der Waals surface area contributed by atoms with E-state index in [0.29, 0.717) is 29.9 Å². The lowest BCUT2D eigenvalue weighted by molar-refractivity contribution is -0.155. The molecule has 0 radical (unpaired) electrons. The van der Waals surface area contributed by atoms with Gasteiger partial charge in [0.05, 0.1) is 6.42 Å². The maximum atomic E-state index is 12.1. The van der Waals surface area contributed by atoms with Crippen molar-refractivity contribution in [1.29, 1.82) is 5.41 Å². The van der Waals surface area contributed by atoms with Crippen LogP contribution in [0.2, 0.25) is 0 Å². The largest absolute Gasteiger partial charge is 0.460 e. The fourth-order valence-electron chi connectivity index (χ4n) is 3.62. The molecule has 1 fully saturated rings. The van der Waals surface area contributed by atoms with Crippen LogP contribution in [0.4, 0.5) is 0 Å². The summed E-state index contributed by atoms with van der Waals surface area (Å²) in [5, 5.41) is 17.4. The fourth-order valence-corrected chi connectivity index (χ4v) is 3.62. The zero-order valence-corrected chi connectivity index (χ0v) is 17.6. The second kappa shape index (κ2) is 9.68. The molecule has 0 spiro atoms. The molecule has 0 aromatic carbocycles. The van der Waals surface area contributed by atoms with Gasteiger partial charge in [0.2, 0.25) is 0 Å². The number of carbonyl (C=O) groups excluding carboxylic acids is 1. The molecule has 2 N–H and O–H groups in total. The van der Waals surface area contributed by atoms with E-state index in [0.717, 1.165) is 25.2 Å². The summed E-state index contributed by atoms with van der Waals surface area (Å²) in [6.07, 6.45) is 8.97. The topological polar surface area (TPSA) is 70.4 Å². The van der Waals surface area contributed by atoms with Crippen LogP contribution in [-0.2, 0) is 9.53 Å². The number of aliphatic hydroxyl groups excluding tert-OH is 1. The van der Waals surface area contributed by atoms with E-state index < -0.39 is 5.60 Å². The molecular weight excluding hydrogens is 326 g/mol. The van der Waals surface area contributed by atoms with Crippen molar-refractivity contribution < 1.29 is 14.6 Å². The van der Waals surface area contributed by atoms with Crippen LogP contribution in [0, 0.1) is 28.6 Å². The van der Waals surface area contributed by atoms with Crippen molar-refractivity contribution in [1.82, 2.24) is 0 Å². The minimum Gasteiger partial charge on any atom is -0.460 e. The number of allylic oxidation sites excluding steroid dienone is 2. The highest BCUT2D eigenvalue weighted by atomic mass is 16.6. The third kappa shape index (κ3) is 9.51. The van der Waals surface area contributed by atoms with Crippen LogP contribution in [0.3, 0.4) is 0 Å². The highest BCUT2D eigenvalue weighted by Crippen LogP contribution is 2.41. The van der Waals surface area contributed by atoms with Gasteiger partial charge >= 0.3 is 5.97 Å². The Kier molecular flexibility index (Phi) is 8.52. The summed E-state index contributed by atoms with van der Waals surface area (Å²) in [4.78, 5) is 12.1. The number of hydrogen-bond acceptors (Lipinski definition) is 4. The lowest BCUT2D eigenvalue weighted by atomic mass is 9.66. The Morgan fingerprint density at radius 2 is 1.85 bits per heavy atom. The summed E-state index contributed by atoms with van der Waals surface area (Å²) < 4.78 is 5.41. The highest BCUT2D eigenvalue weighted by molar-refractivity contribution is 5.94. The fraction of sp³-hybridized carbons (Fsp3) is 0.818. The SMILES string of the molecule is CC(C)(C)C[C@H]1C[C@@H](C(=N)/C=C/[C@@H](CCCO)CC(=O)OC(C)(C)C)C1. The first-order valence-electron chi connectivity index (χ1n) is 9.99. The Morgan fingerprint density at radius 1 is 1.23 bits per heavy atom. The van der Waals surface area contributed by atoms with Crippen LogP contribution in [0.1, 0.15) is 80.1 Å². The molecule has 1 rings (SSSR count). The lowest BCUT2D eigenvalue weighted by Gasteiger charge is -2.38. The van der Waals surface area contributed by atoms with Gasteiger partial charge in [-0.2, -0.15) is 0 Å². The molecule has 0 aromatic rings. The van der Waals surface area contributed by atoms with Crippen molar-refractivity contribution in [2.24, 2.45) is 23.2 Å². The molecule has 0 bridgehead atoms. The van der Waals surface area contributed by atoms with Crippen molar-refractivity contribution >= 4 is 11.7 Å². The van der Waals surface area contributed by atoms with Gasteiger partial charge in [-0.15, -0.1) is 0 Å². The number of nitrogens with one attached hydrogen (secondary N) is 1. The Labute approximate surface area is 159 Å².